The van der Waals surface area contributed by atoms with Crippen molar-refractivity contribution in [3.05, 3.63) is 46.7 Å². The summed E-state index contributed by atoms with van der Waals surface area (Å²) in [6.45, 7) is 8.26. The number of aryl methyl sites for hydroxylation is 2. The highest BCUT2D eigenvalue weighted by Crippen LogP contribution is 2.13. The number of ether oxygens (including phenoxy) is 1. The maximum atomic E-state index is 12.5. The number of aliphatic imine (C=N–C) groups is 1. The SMILES string of the molecule is Cc1cc(C)nc(NC(=NCCN2CCOCC2)NC(=O)Nc2ccc(Cl)cc2)n1. The van der Waals surface area contributed by atoms with E-state index in [4.69, 9.17) is 16.3 Å². The number of anilines is 2. The quantitative estimate of drug-likeness (QED) is 0.496. The lowest BCUT2D eigenvalue weighted by molar-refractivity contribution is 0.0394. The van der Waals surface area contributed by atoms with Crippen molar-refractivity contribution in [1.82, 2.24) is 20.2 Å². The summed E-state index contributed by atoms with van der Waals surface area (Å²) in [5, 5.41) is 9.10. The van der Waals surface area contributed by atoms with Gasteiger partial charge in [-0.3, -0.25) is 20.5 Å². The summed E-state index contributed by atoms with van der Waals surface area (Å²) in [6, 6.07) is 8.29. The van der Waals surface area contributed by atoms with Crippen molar-refractivity contribution in [2.24, 2.45) is 4.99 Å². The van der Waals surface area contributed by atoms with E-state index in [-0.39, 0.29) is 5.96 Å². The Morgan fingerprint density at radius 3 is 2.47 bits per heavy atom. The number of carbonyl (C=O) groups is 1. The van der Waals surface area contributed by atoms with Gasteiger partial charge in [-0.15, -0.1) is 0 Å². The predicted molar refractivity (Wildman–Crippen MR) is 118 cm³/mol. The fraction of sp³-hybridized carbons (Fsp3) is 0.400. The first-order chi connectivity index (χ1) is 14.5. The van der Waals surface area contributed by atoms with Crippen LogP contribution in [0.1, 0.15) is 11.4 Å². The number of halogens is 1. The molecule has 0 unspecified atom stereocenters. The Balaban J connectivity index is 1.66. The first kappa shape index (κ1) is 21.9. The molecule has 0 saturated carbocycles. The van der Waals surface area contributed by atoms with E-state index >= 15 is 0 Å². The molecular formula is C20H26ClN7O2. The van der Waals surface area contributed by atoms with Gasteiger partial charge in [-0.05, 0) is 44.2 Å². The number of guanidine groups is 1. The largest absolute Gasteiger partial charge is 0.379 e. The van der Waals surface area contributed by atoms with Crippen LogP contribution in [0.25, 0.3) is 0 Å². The molecule has 1 aromatic heterocycles. The number of carbonyl (C=O) groups excluding carboxylic acids is 1. The Bertz CT molecular complexity index is 863. The average molecular weight is 432 g/mol. The highest BCUT2D eigenvalue weighted by molar-refractivity contribution is 6.30. The van der Waals surface area contributed by atoms with Crippen molar-refractivity contribution in [2.75, 3.05) is 50.0 Å². The van der Waals surface area contributed by atoms with Crippen LogP contribution in [-0.2, 0) is 4.74 Å². The summed E-state index contributed by atoms with van der Waals surface area (Å²) in [5.74, 6) is 0.657. The molecule has 0 aliphatic carbocycles. The topological polar surface area (TPSA) is 104 Å². The second-order valence-corrected chi connectivity index (χ2v) is 7.31. The molecule has 10 heteroatoms. The molecule has 9 nitrogen and oxygen atoms in total. The molecule has 30 heavy (non-hydrogen) atoms. The smallest absolute Gasteiger partial charge is 0.326 e. The Kier molecular flexibility index (Phi) is 7.95. The van der Waals surface area contributed by atoms with Gasteiger partial charge in [0, 0.05) is 41.7 Å². The van der Waals surface area contributed by atoms with Crippen molar-refractivity contribution in [3.63, 3.8) is 0 Å². The number of nitrogens with one attached hydrogen (secondary N) is 3. The lowest BCUT2D eigenvalue weighted by atomic mass is 10.3. The molecule has 3 N–H and O–H groups in total. The molecule has 1 saturated heterocycles. The van der Waals surface area contributed by atoms with Crippen molar-refractivity contribution in [2.45, 2.75) is 13.8 Å². The number of aromatic nitrogens is 2. The standard InChI is InChI=1S/C20H26ClN7O2/c1-14-13-15(2)24-19(23-14)26-18(22-7-8-28-9-11-30-12-10-28)27-20(29)25-17-5-3-16(21)4-6-17/h3-6,13H,7-12H2,1-2H3,(H3,22,23,24,25,26,27,29). The van der Waals surface area contributed by atoms with Crippen LogP contribution in [-0.4, -0.2) is 66.3 Å². The van der Waals surface area contributed by atoms with Gasteiger partial charge in [-0.1, -0.05) is 11.6 Å². The van der Waals surface area contributed by atoms with E-state index in [1.807, 2.05) is 19.9 Å². The first-order valence-corrected chi connectivity index (χ1v) is 10.1. The van der Waals surface area contributed by atoms with Crippen LogP contribution < -0.4 is 16.0 Å². The molecule has 2 heterocycles. The number of morpholine rings is 1. The van der Waals surface area contributed by atoms with Crippen LogP contribution in [0.15, 0.2) is 35.3 Å². The highest BCUT2D eigenvalue weighted by Gasteiger charge is 2.12. The normalized spacial score (nSPS) is 15.0. The van der Waals surface area contributed by atoms with Crippen LogP contribution in [0, 0.1) is 13.8 Å². The van der Waals surface area contributed by atoms with Gasteiger partial charge in [-0.25, -0.2) is 14.8 Å². The summed E-state index contributed by atoms with van der Waals surface area (Å²) in [6.07, 6.45) is 0. The van der Waals surface area contributed by atoms with Crippen molar-refractivity contribution < 1.29 is 9.53 Å². The van der Waals surface area contributed by atoms with Crippen molar-refractivity contribution >= 4 is 35.2 Å². The molecule has 1 fully saturated rings. The van der Waals surface area contributed by atoms with Crippen LogP contribution in [0.2, 0.25) is 5.02 Å². The van der Waals surface area contributed by atoms with E-state index in [9.17, 15) is 4.79 Å². The number of amides is 2. The Morgan fingerprint density at radius 2 is 1.80 bits per heavy atom. The van der Waals surface area contributed by atoms with Gasteiger partial charge in [0.25, 0.3) is 0 Å². The number of nitrogens with zero attached hydrogens (tertiary/aromatic N) is 4. The molecule has 0 spiro atoms. The lowest BCUT2D eigenvalue weighted by Crippen LogP contribution is -2.41. The zero-order valence-electron chi connectivity index (χ0n) is 17.1. The van der Waals surface area contributed by atoms with E-state index < -0.39 is 6.03 Å². The summed E-state index contributed by atoms with van der Waals surface area (Å²) in [7, 11) is 0. The molecule has 2 amide bonds. The van der Waals surface area contributed by atoms with E-state index in [0.29, 0.717) is 23.2 Å². The van der Waals surface area contributed by atoms with E-state index in [2.05, 4.69) is 35.8 Å². The van der Waals surface area contributed by atoms with Crippen molar-refractivity contribution in [3.8, 4) is 0 Å². The number of hydrogen-bond acceptors (Lipinski definition) is 6. The second-order valence-electron chi connectivity index (χ2n) is 6.87. The molecule has 3 rings (SSSR count). The van der Waals surface area contributed by atoms with Crippen LogP contribution in [0.5, 0.6) is 0 Å². The number of benzene rings is 1. The van der Waals surface area contributed by atoms with E-state index in [1.54, 1.807) is 24.3 Å². The highest BCUT2D eigenvalue weighted by atomic mass is 35.5. The minimum absolute atomic E-state index is 0.278. The fourth-order valence-electron chi connectivity index (χ4n) is 2.93. The fourth-order valence-corrected chi connectivity index (χ4v) is 3.06. The van der Waals surface area contributed by atoms with Gasteiger partial charge >= 0.3 is 6.03 Å². The predicted octanol–water partition coefficient (Wildman–Crippen LogP) is 2.67. The third-order valence-corrected chi connectivity index (χ3v) is 4.59. The minimum Gasteiger partial charge on any atom is -0.379 e. The summed E-state index contributed by atoms with van der Waals surface area (Å²) < 4.78 is 5.37. The van der Waals surface area contributed by atoms with Gasteiger partial charge in [0.15, 0.2) is 0 Å². The molecule has 0 radical (unpaired) electrons. The molecule has 0 atom stereocenters. The number of urea groups is 1. The van der Waals surface area contributed by atoms with Gasteiger partial charge in [0.2, 0.25) is 11.9 Å². The third-order valence-electron chi connectivity index (χ3n) is 4.34. The van der Waals surface area contributed by atoms with Crippen LogP contribution in [0.3, 0.4) is 0 Å². The zero-order valence-corrected chi connectivity index (χ0v) is 17.9. The molecule has 1 aliphatic rings. The summed E-state index contributed by atoms with van der Waals surface area (Å²) in [5.41, 5.74) is 2.26. The Morgan fingerprint density at radius 1 is 1.13 bits per heavy atom. The second kappa shape index (κ2) is 10.9. The maximum absolute atomic E-state index is 12.5. The minimum atomic E-state index is -0.431. The van der Waals surface area contributed by atoms with Gasteiger partial charge in [0.05, 0.1) is 19.8 Å². The van der Waals surface area contributed by atoms with E-state index in [1.165, 1.54) is 0 Å². The van der Waals surface area contributed by atoms with E-state index in [0.717, 1.165) is 44.2 Å². The van der Waals surface area contributed by atoms with Gasteiger partial charge in [0.1, 0.15) is 0 Å². The van der Waals surface area contributed by atoms with Gasteiger partial charge in [-0.2, -0.15) is 0 Å². The Hall–Kier alpha value is -2.75. The zero-order chi connectivity index (χ0) is 21.3. The summed E-state index contributed by atoms with van der Waals surface area (Å²) >= 11 is 5.89. The molecule has 1 aliphatic heterocycles. The molecule has 2 aromatic rings. The maximum Gasteiger partial charge on any atom is 0.326 e. The van der Waals surface area contributed by atoms with Gasteiger partial charge < -0.3 is 10.1 Å². The first-order valence-electron chi connectivity index (χ1n) is 9.75. The van der Waals surface area contributed by atoms with Crippen molar-refractivity contribution in [1.29, 1.82) is 0 Å². The molecule has 160 valence electrons. The summed E-state index contributed by atoms with van der Waals surface area (Å²) in [4.78, 5) is 28.0. The van der Waals surface area contributed by atoms with Crippen LogP contribution in [0.4, 0.5) is 16.4 Å². The monoisotopic (exact) mass is 431 g/mol. The number of hydrogen-bond donors (Lipinski definition) is 3. The molecule has 1 aromatic carbocycles. The Labute approximate surface area is 180 Å². The van der Waals surface area contributed by atoms with Crippen LogP contribution >= 0.6 is 11.6 Å². The molecular weight excluding hydrogens is 406 g/mol. The lowest BCUT2D eigenvalue weighted by Gasteiger charge is -2.25. The average Bonchev–Trinajstić information content (AvgIpc) is 2.69. The number of rotatable bonds is 5. The third kappa shape index (κ3) is 7.25. The molecule has 0 bridgehead atoms.